The van der Waals surface area contributed by atoms with Gasteiger partial charge in [-0.05, 0) is 55.0 Å². The van der Waals surface area contributed by atoms with Crippen LogP contribution in [0.5, 0.6) is 0 Å². The average molecular weight is 537 g/mol. The molecule has 5 aromatic rings. The predicted molar refractivity (Wildman–Crippen MR) is 141 cm³/mol. The molecule has 5 rings (SSSR count). The molecule has 3 heterocycles. The van der Waals surface area contributed by atoms with Gasteiger partial charge in [-0.1, -0.05) is 23.2 Å². The summed E-state index contributed by atoms with van der Waals surface area (Å²) in [5, 5.41) is 4.65. The van der Waals surface area contributed by atoms with Crippen LogP contribution in [0.15, 0.2) is 66.0 Å². The van der Waals surface area contributed by atoms with E-state index in [0.717, 1.165) is 17.2 Å². The molecule has 0 aliphatic heterocycles. The van der Waals surface area contributed by atoms with Crippen LogP contribution in [0.4, 0.5) is 4.39 Å². The van der Waals surface area contributed by atoms with Gasteiger partial charge < -0.3 is 10.3 Å². The molecule has 0 atom stereocenters. The molecule has 10 heteroatoms. The Kier molecular flexibility index (Phi) is 6.43. The van der Waals surface area contributed by atoms with E-state index in [2.05, 4.69) is 20.3 Å². The second-order valence-corrected chi connectivity index (χ2v) is 11.3. The van der Waals surface area contributed by atoms with Gasteiger partial charge in [-0.3, -0.25) is 9.78 Å². The molecule has 2 aromatic carbocycles. The Morgan fingerprint density at radius 1 is 1.11 bits per heavy atom. The third kappa shape index (κ3) is 5.19. The Labute approximate surface area is 217 Å². The van der Waals surface area contributed by atoms with E-state index < -0.39 is 21.6 Å². The fourth-order valence-corrected chi connectivity index (χ4v) is 5.33. The Morgan fingerprint density at radius 3 is 2.70 bits per heavy atom. The first-order valence-corrected chi connectivity index (χ1v) is 13.6. The lowest BCUT2D eigenvalue weighted by molar-refractivity contribution is 0.0950. The topological polar surface area (TPSA) is 105 Å². The van der Waals surface area contributed by atoms with Crippen molar-refractivity contribution in [1.82, 2.24) is 20.3 Å². The van der Waals surface area contributed by atoms with E-state index in [0.29, 0.717) is 43.8 Å². The molecule has 2 N–H and O–H groups in total. The van der Waals surface area contributed by atoms with Crippen molar-refractivity contribution in [2.45, 2.75) is 24.9 Å². The lowest BCUT2D eigenvalue weighted by Crippen LogP contribution is -2.23. The quantitative estimate of drug-likeness (QED) is 0.313. The molecule has 7 nitrogen and oxygen atoms in total. The van der Waals surface area contributed by atoms with Gasteiger partial charge in [-0.2, -0.15) is 0 Å². The van der Waals surface area contributed by atoms with Crippen molar-refractivity contribution in [3.05, 3.63) is 99.7 Å². The Morgan fingerprint density at radius 2 is 1.92 bits per heavy atom. The van der Waals surface area contributed by atoms with E-state index >= 15 is 0 Å². The molecule has 0 aliphatic carbocycles. The van der Waals surface area contributed by atoms with E-state index in [9.17, 15) is 17.6 Å². The largest absolute Gasteiger partial charge is 0.360 e. The molecular weight excluding hydrogens is 515 g/mol. The molecule has 0 radical (unpaired) electrons. The zero-order valence-corrected chi connectivity index (χ0v) is 21.5. The monoisotopic (exact) mass is 536 g/mol. The third-order valence-corrected chi connectivity index (χ3v) is 7.42. The number of amides is 1. The number of carbonyl (C=O) groups is 1. The molecule has 188 valence electrons. The van der Waals surface area contributed by atoms with E-state index in [1.54, 1.807) is 36.5 Å². The number of aryl methyl sites for hydroxylation is 1. The number of H-pyrrole nitrogens is 1. The lowest BCUT2D eigenvalue weighted by Gasteiger charge is -2.11. The van der Waals surface area contributed by atoms with Crippen LogP contribution in [-0.2, 0) is 22.8 Å². The van der Waals surface area contributed by atoms with Gasteiger partial charge in [0.1, 0.15) is 5.82 Å². The van der Waals surface area contributed by atoms with E-state index in [1.807, 2.05) is 19.1 Å². The molecule has 0 unspecified atom stereocenters. The van der Waals surface area contributed by atoms with Gasteiger partial charge in [0, 0.05) is 64.7 Å². The molecular formula is C27H22ClFN4O3S. The Bertz CT molecular complexity index is 1800. The number of halogens is 2. The summed E-state index contributed by atoms with van der Waals surface area (Å²) in [5.74, 6) is -0.881. The number of carbonyl (C=O) groups excluding carboxylic acids is 1. The first-order valence-electron chi connectivity index (χ1n) is 11.4. The molecule has 37 heavy (non-hydrogen) atoms. The molecule has 3 aromatic heterocycles. The number of fused-ring (bicyclic) bond motifs is 2. The molecule has 1 amide bonds. The minimum atomic E-state index is -3.60. The van der Waals surface area contributed by atoms with Crippen LogP contribution in [-0.4, -0.2) is 35.5 Å². The second kappa shape index (κ2) is 9.57. The number of sulfone groups is 1. The van der Waals surface area contributed by atoms with Crippen molar-refractivity contribution >= 4 is 49.2 Å². The lowest BCUT2D eigenvalue weighted by atomic mass is 10.1. The van der Waals surface area contributed by atoms with Gasteiger partial charge in [0.05, 0.1) is 10.5 Å². The smallest absolute Gasteiger partial charge is 0.251 e. The van der Waals surface area contributed by atoms with Crippen LogP contribution in [0.1, 0.15) is 32.7 Å². The highest BCUT2D eigenvalue weighted by Crippen LogP contribution is 2.26. The summed E-state index contributed by atoms with van der Waals surface area (Å²) in [6.07, 6.45) is 4.34. The Hall–Kier alpha value is -3.82. The summed E-state index contributed by atoms with van der Waals surface area (Å²) in [6.45, 7) is 1.91. The van der Waals surface area contributed by atoms with E-state index in [-0.39, 0.29) is 18.0 Å². The van der Waals surface area contributed by atoms with Gasteiger partial charge in [-0.15, -0.1) is 0 Å². The molecule has 0 saturated heterocycles. The predicted octanol–water partition coefficient (Wildman–Crippen LogP) is 5.14. The normalized spacial score (nSPS) is 11.8. The van der Waals surface area contributed by atoms with Crippen molar-refractivity contribution in [1.29, 1.82) is 0 Å². The van der Waals surface area contributed by atoms with Crippen molar-refractivity contribution in [2.24, 2.45) is 0 Å². The van der Waals surface area contributed by atoms with Crippen LogP contribution in [0.2, 0.25) is 5.02 Å². The molecule has 0 aliphatic rings. The fraction of sp³-hybridized carbons (Fsp3) is 0.148. The van der Waals surface area contributed by atoms with Crippen molar-refractivity contribution in [2.75, 3.05) is 6.26 Å². The Balaban J connectivity index is 1.40. The minimum absolute atomic E-state index is 0.0187. The maximum absolute atomic E-state index is 14.5. The van der Waals surface area contributed by atoms with E-state index in [1.165, 1.54) is 12.3 Å². The summed E-state index contributed by atoms with van der Waals surface area (Å²) in [4.78, 5) is 24.5. The summed E-state index contributed by atoms with van der Waals surface area (Å²) < 4.78 is 39.4. The van der Waals surface area contributed by atoms with Crippen LogP contribution in [0, 0.1) is 12.7 Å². The van der Waals surface area contributed by atoms with E-state index in [4.69, 9.17) is 11.6 Å². The first kappa shape index (κ1) is 24.9. The number of hydrogen-bond donors (Lipinski definition) is 2. The zero-order valence-electron chi connectivity index (χ0n) is 20.0. The number of aromatic amines is 1. The van der Waals surface area contributed by atoms with Crippen LogP contribution in [0.25, 0.3) is 21.8 Å². The van der Waals surface area contributed by atoms with Crippen molar-refractivity contribution in [3.8, 4) is 0 Å². The van der Waals surface area contributed by atoms with Crippen molar-refractivity contribution in [3.63, 3.8) is 0 Å². The second-order valence-electron chi connectivity index (χ2n) is 8.94. The molecule has 0 spiro atoms. The molecule has 0 fully saturated rings. The number of benzene rings is 2. The molecule has 0 bridgehead atoms. The van der Waals surface area contributed by atoms with Gasteiger partial charge >= 0.3 is 0 Å². The standard InChI is InChI=1S/C27H22ClFN4O3S/c1-15-3-4-24-17(7-15)8-18(27(33-24)37(2,35)36)10-20-9-16(5-6-30-20)26(34)32-13-19-11-21-22(28)14-31-25(21)12-23(19)29/h3-9,11-12,14,31H,10,13H2,1-2H3,(H,32,34). The molecule has 0 saturated carbocycles. The van der Waals surface area contributed by atoms with Gasteiger partial charge in [0.15, 0.2) is 14.9 Å². The maximum atomic E-state index is 14.5. The van der Waals surface area contributed by atoms with Crippen LogP contribution < -0.4 is 5.32 Å². The zero-order chi connectivity index (χ0) is 26.3. The SMILES string of the molecule is Cc1ccc2nc(S(C)(=O)=O)c(Cc3cc(C(=O)NCc4cc5c(Cl)c[nH]c5cc4F)ccn3)cc2c1. The fourth-order valence-electron chi connectivity index (χ4n) is 4.25. The average Bonchev–Trinajstić information content (AvgIpc) is 3.20. The number of pyridine rings is 2. The highest BCUT2D eigenvalue weighted by Gasteiger charge is 2.18. The first-order chi connectivity index (χ1) is 17.6. The highest BCUT2D eigenvalue weighted by atomic mass is 35.5. The number of nitrogens with zero attached hydrogens (tertiary/aromatic N) is 2. The van der Waals surface area contributed by atoms with Crippen molar-refractivity contribution < 1.29 is 17.6 Å². The van der Waals surface area contributed by atoms with Crippen LogP contribution >= 0.6 is 11.6 Å². The number of hydrogen-bond acceptors (Lipinski definition) is 5. The number of nitrogens with one attached hydrogen (secondary N) is 2. The summed E-state index contributed by atoms with van der Waals surface area (Å²) in [7, 11) is -3.60. The van der Waals surface area contributed by atoms with Crippen LogP contribution in [0.3, 0.4) is 0 Å². The summed E-state index contributed by atoms with van der Waals surface area (Å²) in [5.41, 5.74) is 3.79. The third-order valence-electron chi connectivity index (χ3n) is 6.05. The maximum Gasteiger partial charge on any atom is 0.251 e. The minimum Gasteiger partial charge on any atom is -0.360 e. The summed E-state index contributed by atoms with van der Waals surface area (Å²) in [6, 6.07) is 13.5. The van der Waals surface area contributed by atoms with Gasteiger partial charge in [-0.25, -0.2) is 17.8 Å². The van der Waals surface area contributed by atoms with Gasteiger partial charge in [0.2, 0.25) is 0 Å². The van der Waals surface area contributed by atoms with Gasteiger partial charge in [0.25, 0.3) is 5.91 Å². The summed E-state index contributed by atoms with van der Waals surface area (Å²) >= 11 is 6.13. The highest BCUT2D eigenvalue weighted by molar-refractivity contribution is 7.90. The number of rotatable bonds is 6. The number of aromatic nitrogens is 3.